The van der Waals surface area contributed by atoms with Crippen LogP contribution < -0.4 is 4.72 Å². The maximum Gasteiger partial charge on any atom is 0.328 e. The van der Waals surface area contributed by atoms with Gasteiger partial charge in [-0.15, -0.1) is 0 Å². The first-order chi connectivity index (χ1) is 8.43. The Hall–Kier alpha value is -1.66. The maximum absolute atomic E-state index is 11.2. The summed E-state index contributed by atoms with van der Waals surface area (Å²) >= 11 is 0. The predicted octanol–water partition coefficient (Wildman–Crippen LogP) is 1.22. The Morgan fingerprint density at radius 1 is 1.33 bits per heavy atom. The second-order valence-corrected chi connectivity index (χ2v) is 5.73. The van der Waals surface area contributed by atoms with Crippen LogP contribution in [0, 0.1) is 0 Å². The molecule has 0 bridgehead atoms. The summed E-state index contributed by atoms with van der Waals surface area (Å²) < 4.78 is 24.9. The topological polar surface area (TPSA) is 83.5 Å². The highest BCUT2D eigenvalue weighted by molar-refractivity contribution is 7.89. The lowest BCUT2D eigenvalue weighted by Crippen LogP contribution is -2.24. The Kier molecular flexibility index (Phi) is 5.06. The van der Waals surface area contributed by atoms with Crippen molar-refractivity contribution in [1.29, 1.82) is 0 Å². The van der Waals surface area contributed by atoms with Crippen molar-refractivity contribution in [3.8, 4) is 0 Å². The second-order valence-electron chi connectivity index (χ2n) is 3.64. The van der Waals surface area contributed by atoms with Crippen molar-refractivity contribution >= 4 is 22.1 Å². The van der Waals surface area contributed by atoms with Crippen molar-refractivity contribution in [1.82, 2.24) is 4.72 Å². The van der Waals surface area contributed by atoms with Crippen LogP contribution in [0.3, 0.4) is 0 Å². The normalized spacial score (nSPS) is 11.8. The van der Waals surface area contributed by atoms with E-state index in [-0.39, 0.29) is 12.3 Å². The van der Waals surface area contributed by atoms with Crippen molar-refractivity contribution in [2.75, 3.05) is 5.75 Å². The number of carboxylic acid groups (broad SMARTS) is 1. The Morgan fingerprint density at radius 2 is 1.94 bits per heavy atom. The fourth-order valence-electron chi connectivity index (χ4n) is 1.21. The molecule has 1 aromatic rings. The molecular weight excluding hydrogens is 254 g/mol. The number of sulfonamides is 1. The maximum atomic E-state index is 11.2. The fourth-order valence-corrected chi connectivity index (χ4v) is 1.80. The molecule has 0 aromatic heterocycles. The zero-order chi connectivity index (χ0) is 13.6. The largest absolute Gasteiger partial charge is 0.478 e. The number of rotatable bonds is 6. The van der Waals surface area contributed by atoms with Gasteiger partial charge in [0.1, 0.15) is 0 Å². The van der Waals surface area contributed by atoms with E-state index in [0.29, 0.717) is 0 Å². The van der Waals surface area contributed by atoms with Crippen LogP contribution in [0.25, 0.3) is 6.08 Å². The first-order valence-electron chi connectivity index (χ1n) is 5.40. The minimum atomic E-state index is -3.19. The smallest absolute Gasteiger partial charge is 0.328 e. The van der Waals surface area contributed by atoms with Crippen LogP contribution in [0.1, 0.15) is 18.1 Å². The molecule has 18 heavy (non-hydrogen) atoms. The van der Waals surface area contributed by atoms with Gasteiger partial charge in [0.25, 0.3) is 0 Å². The molecule has 0 fully saturated rings. The molecule has 0 saturated heterocycles. The highest BCUT2D eigenvalue weighted by Gasteiger charge is 2.05. The van der Waals surface area contributed by atoms with Gasteiger partial charge >= 0.3 is 5.97 Å². The first-order valence-corrected chi connectivity index (χ1v) is 7.05. The van der Waals surface area contributed by atoms with Gasteiger partial charge in [0.15, 0.2) is 0 Å². The number of hydrogen-bond donors (Lipinski definition) is 2. The van der Waals surface area contributed by atoms with Gasteiger partial charge in [-0.2, -0.15) is 0 Å². The van der Waals surface area contributed by atoms with E-state index < -0.39 is 16.0 Å². The number of aliphatic carboxylic acids is 1. The molecule has 0 aliphatic rings. The lowest BCUT2D eigenvalue weighted by molar-refractivity contribution is -0.131. The number of carbonyl (C=O) groups is 1. The summed E-state index contributed by atoms with van der Waals surface area (Å²) in [6, 6.07) is 6.96. The molecule has 0 unspecified atom stereocenters. The van der Waals surface area contributed by atoms with Gasteiger partial charge in [-0.05, 0) is 24.1 Å². The summed E-state index contributed by atoms with van der Waals surface area (Å²) in [5, 5.41) is 8.47. The van der Waals surface area contributed by atoms with Gasteiger partial charge in [0.2, 0.25) is 10.0 Å². The van der Waals surface area contributed by atoms with Crippen LogP contribution in [0.15, 0.2) is 30.3 Å². The predicted molar refractivity (Wildman–Crippen MR) is 69.4 cm³/mol. The molecule has 0 saturated carbocycles. The van der Waals surface area contributed by atoms with Crippen molar-refractivity contribution < 1.29 is 18.3 Å². The Labute approximate surface area is 106 Å². The average molecular weight is 269 g/mol. The minimum Gasteiger partial charge on any atom is -0.478 e. The van der Waals surface area contributed by atoms with Crippen LogP contribution in [-0.2, 0) is 21.4 Å². The molecule has 0 spiro atoms. The van der Waals surface area contributed by atoms with Gasteiger partial charge in [-0.25, -0.2) is 17.9 Å². The van der Waals surface area contributed by atoms with Gasteiger partial charge < -0.3 is 5.11 Å². The Balaban J connectivity index is 2.64. The summed E-state index contributed by atoms with van der Waals surface area (Å²) in [5.74, 6) is -0.957. The number of hydrogen-bond acceptors (Lipinski definition) is 3. The monoisotopic (exact) mass is 269 g/mol. The summed E-state index contributed by atoms with van der Waals surface area (Å²) in [7, 11) is -3.19. The van der Waals surface area contributed by atoms with Crippen molar-refractivity contribution in [2.45, 2.75) is 13.5 Å². The minimum absolute atomic E-state index is 0.0480. The third-order valence-electron chi connectivity index (χ3n) is 2.27. The SMILES string of the molecule is CCS(=O)(=O)NCc1ccc(/C=C/C(=O)O)cc1. The van der Waals surface area contributed by atoms with E-state index in [0.717, 1.165) is 17.2 Å². The zero-order valence-electron chi connectivity index (χ0n) is 9.96. The van der Waals surface area contributed by atoms with Gasteiger partial charge in [0.05, 0.1) is 5.75 Å². The lowest BCUT2D eigenvalue weighted by Gasteiger charge is -2.04. The first kappa shape index (κ1) is 14.4. The van der Waals surface area contributed by atoms with E-state index in [1.54, 1.807) is 31.2 Å². The van der Waals surface area contributed by atoms with Crippen LogP contribution in [0.5, 0.6) is 0 Å². The molecule has 5 nitrogen and oxygen atoms in total. The van der Waals surface area contributed by atoms with E-state index in [1.807, 2.05) is 0 Å². The van der Waals surface area contributed by atoms with E-state index in [4.69, 9.17) is 5.11 Å². The summed E-state index contributed by atoms with van der Waals surface area (Å²) in [5.41, 5.74) is 1.57. The molecule has 6 heteroatoms. The number of benzene rings is 1. The molecule has 0 heterocycles. The van der Waals surface area contributed by atoms with Crippen LogP contribution in [0.4, 0.5) is 0 Å². The third kappa shape index (κ3) is 5.11. The molecule has 1 aromatic carbocycles. The lowest BCUT2D eigenvalue weighted by atomic mass is 10.1. The highest BCUT2D eigenvalue weighted by atomic mass is 32.2. The number of carboxylic acids is 1. The van der Waals surface area contributed by atoms with Crippen molar-refractivity contribution in [3.63, 3.8) is 0 Å². The molecule has 0 atom stereocenters. The van der Waals surface area contributed by atoms with Gasteiger partial charge in [-0.3, -0.25) is 0 Å². The van der Waals surface area contributed by atoms with Gasteiger partial charge in [-0.1, -0.05) is 24.3 Å². The van der Waals surface area contributed by atoms with E-state index >= 15 is 0 Å². The molecule has 1 rings (SSSR count). The third-order valence-corrected chi connectivity index (χ3v) is 3.62. The van der Waals surface area contributed by atoms with Crippen LogP contribution >= 0.6 is 0 Å². The second kappa shape index (κ2) is 6.32. The molecule has 0 radical (unpaired) electrons. The van der Waals surface area contributed by atoms with E-state index in [9.17, 15) is 13.2 Å². The molecule has 2 N–H and O–H groups in total. The molecular formula is C12H15NO4S. The highest BCUT2D eigenvalue weighted by Crippen LogP contribution is 2.06. The molecule has 98 valence electrons. The molecule has 0 amide bonds. The Bertz CT molecular complexity index is 532. The summed E-state index contributed by atoms with van der Waals surface area (Å²) in [4.78, 5) is 10.3. The van der Waals surface area contributed by atoms with Gasteiger partial charge in [0, 0.05) is 12.6 Å². The fraction of sp³-hybridized carbons (Fsp3) is 0.250. The summed E-state index contributed by atoms with van der Waals surface area (Å²) in [6.45, 7) is 1.81. The zero-order valence-corrected chi connectivity index (χ0v) is 10.8. The summed E-state index contributed by atoms with van der Waals surface area (Å²) in [6.07, 6.45) is 2.52. The van der Waals surface area contributed by atoms with Crippen LogP contribution in [-0.4, -0.2) is 25.2 Å². The van der Waals surface area contributed by atoms with Crippen molar-refractivity contribution in [3.05, 3.63) is 41.5 Å². The van der Waals surface area contributed by atoms with E-state index in [1.165, 1.54) is 6.08 Å². The Morgan fingerprint density at radius 3 is 2.44 bits per heavy atom. The molecule has 0 aliphatic carbocycles. The molecule has 0 aliphatic heterocycles. The average Bonchev–Trinajstić information content (AvgIpc) is 2.35. The van der Waals surface area contributed by atoms with Crippen molar-refractivity contribution in [2.24, 2.45) is 0 Å². The standard InChI is InChI=1S/C12H15NO4S/c1-2-18(16,17)13-9-11-5-3-10(4-6-11)7-8-12(14)15/h3-8,13H,2,9H2,1H3,(H,14,15)/b8-7+. The van der Waals surface area contributed by atoms with Crippen LogP contribution in [0.2, 0.25) is 0 Å². The quantitative estimate of drug-likeness (QED) is 0.761. The number of nitrogens with one attached hydrogen (secondary N) is 1. The van der Waals surface area contributed by atoms with E-state index in [2.05, 4.69) is 4.72 Å².